The Morgan fingerprint density at radius 3 is 2.85 bits per heavy atom. The molecule has 0 saturated heterocycles. The first-order valence-electron chi connectivity index (χ1n) is 3.82. The summed E-state index contributed by atoms with van der Waals surface area (Å²) < 4.78 is 0. The van der Waals surface area contributed by atoms with Gasteiger partial charge in [-0.05, 0) is 13.0 Å². The first kappa shape index (κ1) is 9.75. The second kappa shape index (κ2) is 4.06. The summed E-state index contributed by atoms with van der Waals surface area (Å²) in [6, 6.07) is 0. The zero-order valence-corrected chi connectivity index (χ0v) is 8.72. The number of nitrogens with zero attached hydrogens (tertiary/aromatic N) is 3. The molecule has 4 heteroatoms. The highest BCUT2D eigenvalue weighted by molar-refractivity contribution is 7.16. The van der Waals surface area contributed by atoms with Crippen LogP contribution in [0.1, 0.15) is 11.8 Å². The highest BCUT2D eigenvalue weighted by Crippen LogP contribution is 2.22. The van der Waals surface area contributed by atoms with Gasteiger partial charge in [-0.25, -0.2) is 9.83 Å². The summed E-state index contributed by atoms with van der Waals surface area (Å²) in [5.74, 6) is 0. The smallest absolute Gasteiger partial charge is 0.185 e. The van der Waals surface area contributed by atoms with Gasteiger partial charge in [0, 0.05) is 25.2 Å². The first-order valence-corrected chi connectivity index (χ1v) is 4.64. The van der Waals surface area contributed by atoms with Crippen molar-refractivity contribution in [2.75, 3.05) is 19.0 Å². The second-order valence-electron chi connectivity index (χ2n) is 2.84. The Hall–Kier alpha value is -1.34. The van der Waals surface area contributed by atoms with Crippen LogP contribution < -0.4 is 4.90 Å². The molecule has 1 heterocycles. The largest absolute Gasteiger partial charge is 0.354 e. The van der Waals surface area contributed by atoms with Crippen molar-refractivity contribution in [2.45, 2.75) is 6.92 Å². The molecule has 0 aliphatic carbocycles. The number of anilines is 1. The number of thiazole rings is 1. The summed E-state index contributed by atoms with van der Waals surface area (Å²) in [5, 5.41) is 0.962. The molecule has 0 fully saturated rings. The third-order valence-electron chi connectivity index (χ3n) is 1.42. The minimum absolute atomic E-state index is 0.689. The molecular formula is C9H11N3S. The van der Waals surface area contributed by atoms with Crippen molar-refractivity contribution in [3.8, 4) is 0 Å². The molecule has 0 N–H and O–H groups in total. The van der Waals surface area contributed by atoms with Crippen molar-refractivity contribution in [1.82, 2.24) is 4.98 Å². The predicted molar refractivity (Wildman–Crippen MR) is 56.7 cm³/mol. The van der Waals surface area contributed by atoms with Crippen LogP contribution in [0.5, 0.6) is 0 Å². The van der Waals surface area contributed by atoms with Crippen LogP contribution in [0.4, 0.5) is 5.13 Å². The van der Waals surface area contributed by atoms with E-state index in [9.17, 15) is 0 Å². The van der Waals surface area contributed by atoms with Crippen LogP contribution in [-0.2, 0) is 0 Å². The molecule has 0 aliphatic rings. The van der Waals surface area contributed by atoms with Gasteiger partial charge in [0.05, 0.1) is 6.57 Å². The number of allylic oxidation sites excluding steroid dienone is 1. The fourth-order valence-electron chi connectivity index (χ4n) is 0.789. The molecule has 1 aromatic heterocycles. The molecule has 0 spiro atoms. The summed E-state index contributed by atoms with van der Waals surface area (Å²) in [4.78, 5) is 10.5. The summed E-state index contributed by atoms with van der Waals surface area (Å²) >= 11 is 1.58. The highest BCUT2D eigenvalue weighted by atomic mass is 32.1. The molecule has 1 aromatic rings. The zero-order chi connectivity index (χ0) is 9.84. The van der Waals surface area contributed by atoms with Gasteiger partial charge in [-0.2, -0.15) is 0 Å². The maximum atomic E-state index is 6.78. The van der Waals surface area contributed by atoms with Crippen molar-refractivity contribution in [2.24, 2.45) is 0 Å². The van der Waals surface area contributed by atoms with Gasteiger partial charge < -0.3 is 4.90 Å². The van der Waals surface area contributed by atoms with E-state index in [0.29, 0.717) is 5.70 Å². The topological polar surface area (TPSA) is 20.5 Å². The van der Waals surface area contributed by atoms with Crippen LogP contribution in [0, 0.1) is 6.57 Å². The Morgan fingerprint density at radius 2 is 2.38 bits per heavy atom. The van der Waals surface area contributed by atoms with Gasteiger partial charge in [-0.1, -0.05) is 11.3 Å². The molecular weight excluding hydrogens is 182 g/mol. The monoisotopic (exact) mass is 193 g/mol. The molecule has 0 aromatic carbocycles. The molecule has 0 aliphatic heterocycles. The van der Waals surface area contributed by atoms with E-state index in [2.05, 4.69) is 9.83 Å². The maximum Gasteiger partial charge on any atom is 0.185 e. The average Bonchev–Trinajstić information content (AvgIpc) is 2.52. The second-order valence-corrected chi connectivity index (χ2v) is 3.88. The molecule has 1 rings (SSSR count). The SMILES string of the molecule is [C-]#[N+]/C(C)=C/c1cnc(N(C)C)s1. The number of rotatable bonds is 2. The Morgan fingerprint density at radius 1 is 1.69 bits per heavy atom. The van der Waals surface area contributed by atoms with E-state index in [1.807, 2.05) is 25.1 Å². The normalized spacial score (nSPS) is 11.1. The van der Waals surface area contributed by atoms with Crippen molar-refractivity contribution in [3.05, 3.63) is 28.2 Å². The van der Waals surface area contributed by atoms with Crippen LogP contribution >= 0.6 is 11.3 Å². The lowest BCUT2D eigenvalue weighted by Crippen LogP contribution is -2.07. The van der Waals surface area contributed by atoms with Gasteiger partial charge in [0.2, 0.25) is 0 Å². The minimum atomic E-state index is 0.689. The van der Waals surface area contributed by atoms with Gasteiger partial charge in [0.15, 0.2) is 10.8 Å². The molecule has 0 unspecified atom stereocenters. The third-order valence-corrected chi connectivity index (χ3v) is 2.53. The maximum absolute atomic E-state index is 6.78. The molecule has 0 saturated carbocycles. The van der Waals surface area contributed by atoms with Gasteiger partial charge >= 0.3 is 0 Å². The number of aromatic nitrogens is 1. The molecule has 0 amide bonds. The quantitative estimate of drug-likeness (QED) is 0.673. The molecule has 0 radical (unpaired) electrons. The summed E-state index contributed by atoms with van der Waals surface area (Å²) in [6.07, 6.45) is 3.63. The first-order chi connectivity index (χ1) is 6.13. The summed E-state index contributed by atoms with van der Waals surface area (Å²) in [6.45, 7) is 8.57. The zero-order valence-electron chi connectivity index (χ0n) is 7.90. The van der Waals surface area contributed by atoms with Crippen LogP contribution in [0.25, 0.3) is 10.9 Å². The number of hydrogen-bond donors (Lipinski definition) is 0. The van der Waals surface area contributed by atoms with E-state index in [0.717, 1.165) is 10.0 Å². The van der Waals surface area contributed by atoms with E-state index in [4.69, 9.17) is 6.57 Å². The lowest BCUT2D eigenvalue weighted by molar-refractivity contribution is 1.10. The number of hydrogen-bond acceptors (Lipinski definition) is 3. The van der Waals surface area contributed by atoms with E-state index >= 15 is 0 Å². The van der Waals surface area contributed by atoms with E-state index < -0.39 is 0 Å². The summed E-state index contributed by atoms with van der Waals surface area (Å²) in [7, 11) is 3.90. The van der Waals surface area contributed by atoms with Crippen LogP contribution in [0.3, 0.4) is 0 Å². The lowest BCUT2D eigenvalue weighted by atomic mass is 10.4. The molecule has 3 nitrogen and oxygen atoms in total. The standard InChI is InChI=1S/C9H11N3S/c1-7(10-2)5-8-6-11-9(13-8)12(3)4/h5-6H,1,3-4H3/b7-5+. The average molecular weight is 193 g/mol. The van der Waals surface area contributed by atoms with E-state index in [1.165, 1.54) is 0 Å². The fraction of sp³-hybridized carbons (Fsp3) is 0.333. The van der Waals surface area contributed by atoms with Crippen LogP contribution in [0.15, 0.2) is 11.9 Å². The Kier molecular flexibility index (Phi) is 3.04. The molecule has 0 bridgehead atoms. The minimum Gasteiger partial charge on any atom is -0.354 e. The Bertz CT molecular complexity index is 357. The van der Waals surface area contributed by atoms with E-state index in [-0.39, 0.29) is 0 Å². The van der Waals surface area contributed by atoms with Crippen molar-refractivity contribution < 1.29 is 0 Å². The van der Waals surface area contributed by atoms with Crippen molar-refractivity contribution in [1.29, 1.82) is 0 Å². The fourth-order valence-corrected chi connectivity index (χ4v) is 1.62. The summed E-state index contributed by atoms with van der Waals surface area (Å²) in [5.41, 5.74) is 0.689. The Labute approximate surface area is 82.2 Å². The van der Waals surface area contributed by atoms with Crippen molar-refractivity contribution in [3.63, 3.8) is 0 Å². The molecule has 68 valence electrons. The predicted octanol–water partition coefficient (Wildman–Crippen LogP) is 2.49. The van der Waals surface area contributed by atoms with Gasteiger partial charge in [0.25, 0.3) is 0 Å². The van der Waals surface area contributed by atoms with E-state index in [1.54, 1.807) is 24.5 Å². The van der Waals surface area contributed by atoms with Gasteiger partial charge in [-0.3, -0.25) is 0 Å². The van der Waals surface area contributed by atoms with Gasteiger partial charge in [-0.15, -0.1) is 0 Å². The lowest BCUT2D eigenvalue weighted by Gasteiger charge is -2.04. The highest BCUT2D eigenvalue weighted by Gasteiger charge is 2.00. The van der Waals surface area contributed by atoms with Gasteiger partial charge in [0.1, 0.15) is 0 Å². The third kappa shape index (κ3) is 2.56. The Balaban J connectivity index is 2.88. The van der Waals surface area contributed by atoms with Crippen LogP contribution in [0.2, 0.25) is 0 Å². The van der Waals surface area contributed by atoms with Crippen LogP contribution in [-0.4, -0.2) is 19.1 Å². The molecule has 13 heavy (non-hydrogen) atoms. The van der Waals surface area contributed by atoms with Crippen molar-refractivity contribution >= 4 is 22.5 Å². The molecule has 0 atom stereocenters.